The van der Waals surface area contributed by atoms with E-state index in [1.54, 1.807) is 25.1 Å². The predicted octanol–water partition coefficient (Wildman–Crippen LogP) is 4.46. The number of aromatic amines is 1. The number of ether oxygens (including phenoxy) is 1. The summed E-state index contributed by atoms with van der Waals surface area (Å²) in [7, 11) is 0. The average Bonchev–Trinajstić information content (AvgIpc) is 3.03. The molecule has 0 saturated heterocycles. The molecule has 6 nitrogen and oxygen atoms in total. The minimum absolute atomic E-state index is 0.236. The molecule has 1 atom stereocenters. The average molecular weight is 387 g/mol. The Morgan fingerprint density at radius 3 is 2.41 bits per heavy atom. The number of benzene rings is 2. The molecule has 0 aliphatic rings. The monoisotopic (exact) mass is 387 g/mol. The van der Waals surface area contributed by atoms with E-state index in [9.17, 15) is 9.59 Å². The number of rotatable bonds is 4. The van der Waals surface area contributed by atoms with Gasteiger partial charge in [0, 0.05) is 22.2 Å². The van der Waals surface area contributed by atoms with Crippen LogP contribution in [-0.2, 0) is 4.74 Å². The van der Waals surface area contributed by atoms with Gasteiger partial charge in [-0.15, -0.1) is 0 Å². The summed E-state index contributed by atoms with van der Waals surface area (Å²) in [6.45, 7) is 7.20. The van der Waals surface area contributed by atoms with Gasteiger partial charge in [0.15, 0.2) is 6.10 Å². The number of aromatic nitrogens is 3. The van der Waals surface area contributed by atoms with E-state index in [-0.39, 0.29) is 5.78 Å². The second-order valence-corrected chi connectivity index (χ2v) is 7.18. The molecular weight excluding hydrogens is 366 g/mol. The second kappa shape index (κ2) is 7.13. The normalized spacial score (nSPS) is 12.3. The van der Waals surface area contributed by atoms with Crippen molar-refractivity contribution in [2.45, 2.75) is 33.8 Å². The van der Waals surface area contributed by atoms with Crippen molar-refractivity contribution in [1.29, 1.82) is 0 Å². The van der Waals surface area contributed by atoms with Gasteiger partial charge in [0.25, 0.3) is 0 Å². The summed E-state index contributed by atoms with van der Waals surface area (Å²) in [5.74, 6) is -0.800. The smallest absolute Gasteiger partial charge is 0.338 e. The number of esters is 1. The van der Waals surface area contributed by atoms with Crippen molar-refractivity contribution in [1.82, 2.24) is 15.0 Å². The van der Waals surface area contributed by atoms with Crippen molar-refractivity contribution in [2.75, 3.05) is 0 Å². The van der Waals surface area contributed by atoms with Gasteiger partial charge in [0.05, 0.1) is 28.0 Å². The summed E-state index contributed by atoms with van der Waals surface area (Å²) in [5, 5.41) is 0.824. The minimum atomic E-state index is -0.915. The zero-order chi connectivity index (χ0) is 20.7. The van der Waals surface area contributed by atoms with Gasteiger partial charge >= 0.3 is 5.97 Å². The van der Waals surface area contributed by atoms with Gasteiger partial charge in [-0.25, -0.2) is 14.8 Å². The van der Waals surface area contributed by atoms with E-state index in [0.29, 0.717) is 22.2 Å². The lowest BCUT2D eigenvalue weighted by Gasteiger charge is -2.13. The summed E-state index contributed by atoms with van der Waals surface area (Å²) in [6.07, 6.45) is -0.915. The van der Waals surface area contributed by atoms with Crippen LogP contribution in [0.15, 0.2) is 42.5 Å². The molecule has 2 aromatic heterocycles. The molecule has 0 aliphatic heterocycles. The lowest BCUT2D eigenvalue weighted by Crippen LogP contribution is -2.25. The standard InChI is InChI=1S/C23H21N3O3/c1-12-13(2)25-20-11-16(9-10-19(20)24-12)23(28)29-15(4)22(27)21-14(3)26-18-8-6-5-7-17(18)21/h5-11,15,26H,1-4H3/t15-/m0/s1. The maximum Gasteiger partial charge on any atom is 0.338 e. The third-order valence-electron chi connectivity index (χ3n) is 5.10. The third-order valence-corrected chi connectivity index (χ3v) is 5.10. The van der Waals surface area contributed by atoms with Crippen molar-refractivity contribution in [2.24, 2.45) is 0 Å². The topological polar surface area (TPSA) is 84.9 Å². The highest BCUT2D eigenvalue weighted by molar-refractivity contribution is 6.11. The number of carbonyl (C=O) groups excluding carboxylic acids is 2. The second-order valence-electron chi connectivity index (χ2n) is 7.18. The first-order chi connectivity index (χ1) is 13.8. The molecule has 146 valence electrons. The Morgan fingerprint density at radius 1 is 0.966 bits per heavy atom. The fourth-order valence-electron chi connectivity index (χ4n) is 3.44. The molecule has 1 N–H and O–H groups in total. The largest absolute Gasteiger partial charge is 0.451 e. The van der Waals surface area contributed by atoms with Crippen LogP contribution in [0.4, 0.5) is 0 Å². The fraction of sp³-hybridized carbons (Fsp3) is 0.217. The molecule has 0 bridgehead atoms. The summed E-state index contributed by atoms with van der Waals surface area (Å²) in [6, 6.07) is 12.6. The first kappa shape index (κ1) is 18.8. The maximum atomic E-state index is 13.0. The number of ketones is 1. The Kier molecular flexibility index (Phi) is 4.62. The van der Waals surface area contributed by atoms with Crippen molar-refractivity contribution in [3.05, 3.63) is 70.7 Å². The van der Waals surface area contributed by atoms with Crippen LogP contribution >= 0.6 is 0 Å². The van der Waals surface area contributed by atoms with Crippen LogP contribution in [0.25, 0.3) is 21.9 Å². The summed E-state index contributed by atoms with van der Waals surface area (Å²) < 4.78 is 5.48. The molecular formula is C23H21N3O3. The van der Waals surface area contributed by atoms with Crippen LogP contribution in [0.1, 0.15) is 44.7 Å². The molecule has 0 amide bonds. The van der Waals surface area contributed by atoms with Crippen molar-refractivity contribution in [3.63, 3.8) is 0 Å². The highest BCUT2D eigenvalue weighted by Crippen LogP contribution is 2.24. The van der Waals surface area contributed by atoms with E-state index in [0.717, 1.165) is 28.0 Å². The quantitative estimate of drug-likeness (QED) is 0.413. The molecule has 0 spiro atoms. The summed E-state index contributed by atoms with van der Waals surface area (Å²) >= 11 is 0. The van der Waals surface area contributed by atoms with E-state index >= 15 is 0 Å². The van der Waals surface area contributed by atoms with Gasteiger partial charge in [-0.3, -0.25) is 4.79 Å². The van der Waals surface area contributed by atoms with Crippen LogP contribution < -0.4 is 0 Å². The van der Waals surface area contributed by atoms with Gasteiger partial charge in [0.2, 0.25) is 5.78 Å². The lowest BCUT2D eigenvalue weighted by molar-refractivity contribution is 0.0319. The molecule has 6 heteroatoms. The number of fused-ring (bicyclic) bond motifs is 2. The molecule has 0 saturated carbocycles. The molecule has 2 aromatic carbocycles. The molecule has 0 fully saturated rings. The molecule has 0 aliphatic carbocycles. The number of aryl methyl sites for hydroxylation is 3. The fourth-order valence-corrected chi connectivity index (χ4v) is 3.44. The van der Waals surface area contributed by atoms with Gasteiger partial charge in [-0.05, 0) is 52.0 Å². The molecule has 0 radical (unpaired) electrons. The first-order valence-electron chi connectivity index (χ1n) is 9.42. The number of hydrogen-bond acceptors (Lipinski definition) is 5. The summed E-state index contributed by atoms with van der Waals surface area (Å²) in [5.41, 5.74) is 5.51. The van der Waals surface area contributed by atoms with Crippen molar-refractivity contribution < 1.29 is 14.3 Å². The van der Waals surface area contributed by atoms with Crippen LogP contribution in [0.5, 0.6) is 0 Å². The first-order valence-corrected chi connectivity index (χ1v) is 9.42. The molecule has 4 rings (SSSR count). The highest BCUT2D eigenvalue weighted by Gasteiger charge is 2.25. The Morgan fingerprint density at radius 2 is 1.66 bits per heavy atom. The third kappa shape index (κ3) is 3.38. The number of para-hydroxylation sites is 1. The Bertz CT molecular complexity index is 1270. The Hall–Kier alpha value is -3.54. The van der Waals surface area contributed by atoms with Crippen LogP contribution in [0, 0.1) is 20.8 Å². The van der Waals surface area contributed by atoms with E-state index in [1.165, 1.54) is 0 Å². The molecule has 0 unspecified atom stereocenters. The number of Topliss-reactive ketones (excluding diaryl/α,β-unsaturated/α-hetero) is 1. The molecule has 4 aromatic rings. The van der Waals surface area contributed by atoms with Crippen molar-refractivity contribution in [3.8, 4) is 0 Å². The number of nitrogens with one attached hydrogen (secondary N) is 1. The van der Waals surface area contributed by atoms with Gasteiger partial charge < -0.3 is 9.72 Å². The molecule has 29 heavy (non-hydrogen) atoms. The van der Waals surface area contributed by atoms with Gasteiger partial charge in [-0.1, -0.05) is 18.2 Å². The number of H-pyrrole nitrogens is 1. The van der Waals surface area contributed by atoms with Gasteiger partial charge in [0.1, 0.15) is 0 Å². The van der Waals surface area contributed by atoms with Crippen LogP contribution in [-0.4, -0.2) is 32.8 Å². The van der Waals surface area contributed by atoms with E-state index in [2.05, 4.69) is 15.0 Å². The number of hydrogen-bond donors (Lipinski definition) is 1. The van der Waals surface area contributed by atoms with Crippen molar-refractivity contribution >= 4 is 33.7 Å². The van der Waals surface area contributed by atoms with Gasteiger partial charge in [-0.2, -0.15) is 0 Å². The summed E-state index contributed by atoms with van der Waals surface area (Å²) in [4.78, 5) is 37.8. The van der Waals surface area contributed by atoms with E-state index in [4.69, 9.17) is 4.74 Å². The van der Waals surface area contributed by atoms with E-state index in [1.807, 2.05) is 45.0 Å². The zero-order valence-electron chi connectivity index (χ0n) is 16.7. The molecule has 2 heterocycles. The Labute approximate surface area is 167 Å². The van der Waals surface area contributed by atoms with Crippen LogP contribution in [0.3, 0.4) is 0 Å². The predicted molar refractivity (Wildman–Crippen MR) is 111 cm³/mol. The Balaban J connectivity index is 1.59. The minimum Gasteiger partial charge on any atom is -0.451 e. The maximum absolute atomic E-state index is 13.0. The van der Waals surface area contributed by atoms with E-state index < -0.39 is 12.1 Å². The van der Waals surface area contributed by atoms with Crippen LogP contribution in [0.2, 0.25) is 0 Å². The zero-order valence-corrected chi connectivity index (χ0v) is 16.7. The SMILES string of the molecule is Cc1nc2ccc(C(=O)O[C@@H](C)C(=O)c3c(C)[nH]c4ccccc34)cc2nc1C. The highest BCUT2D eigenvalue weighted by atomic mass is 16.5. The number of carbonyl (C=O) groups is 2. The lowest BCUT2D eigenvalue weighted by atomic mass is 10.0. The number of nitrogens with zero attached hydrogens (tertiary/aromatic N) is 2.